The largest absolute Gasteiger partial charge is 0.398 e. The molecule has 1 fully saturated rings. The van der Waals surface area contributed by atoms with E-state index in [1.165, 1.54) is 0 Å². The monoisotopic (exact) mass is 261 g/mol. The lowest BCUT2D eigenvalue weighted by Crippen LogP contribution is -2.32. The molecule has 1 aromatic carbocycles. The van der Waals surface area contributed by atoms with Gasteiger partial charge >= 0.3 is 0 Å². The van der Waals surface area contributed by atoms with E-state index in [1.807, 2.05) is 13.0 Å². The van der Waals surface area contributed by atoms with Crippen LogP contribution < -0.4 is 16.4 Å². The van der Waals surface area contributed by atoms with E-state index in [0.717, 1.165) is 18.4 Å². The molecule has 0 aliphatic heterocycles. The molecule has 1 aliphatic rings. The van der Waals surface area contributed by atoms with Gasteiger partial charge in [-0.05, 0) is 31.4 Å². The van der Waals surface area contributed by atoms with E-state index in [2.05, 4.69) is 10.6 Å². The number of carbonyl (C=O) groups is 2. The molecule has 2 rings (SSSR count). The molecule has 0 atom stereocenters. The van der Waals surface area contributed by atoms with Gasteiger partial charge in [0.1, 0.15) is 0 Å². The first kappa shape index (κ1) is 13.4. The summed E-state index contributed by atoms with van der Waals surface area (Å²) in [5, 5.41) is 5.58. The van der Waals surface area contributed by atoms with E-state index < -0.39 is 0 Å². The number of benzene rings is 1. The van der Waals surface area contributed by atoms with Crippen LogP contribution >= 0.6 is 0 Å². The van der Waals surface area contributed by atoms with Crippen molar-refractivity contribution in [2.75, 3.05) is 12.3 Å². The first-order valence-corrected chi connectivity index (χ1v) is 6.50. The molecular formula is C14H19N3O2. The van der Waals surface area contributed by atoms with Crippen molar-refractivity contribution in [2.24, 2.45) is 0 Å². The molecule has 1 aliphatic carbocycles. The van der Waals surface area contributed by atoms with Gasteiger partial charge in [-0.25, -0.2) is 0 Å². The molecule has 5 nitrogen and oxygen atoms in total. The average Bonchev–Trinajstić information content (AvgIpc) is 3.16. The molecule has 5 heteroatoms. The number of hydrogen-bond donors (Lipinski definition) is 3. The maximum Gasteiger partial charge on any atom is 0.253 e. The van der Waals surface area contributed by atoms with Crippen LogP contribution in [0.4, 0.5) is 5.69 Å². The van der Waals surface area contributed by atoms with Crippen LogP contribution in [0, 0.1) is 6.92 Å². The van der Waals surface area contributed by atoms with Gasteiger partial charge in [-0.2, -0.15) is 0 Å². The van der Waals surface area contributed by atoms with Gasteiger partial charge in [-0.3, -0.25) is 9.59 Å². The van der Waals surface area contributed by atoms with Crippen molar-refractivity contribution in [3.05, 3.63) is 29.3 Å². The Hall–Kier alpha value is -2.04. The van der Waals surface area contributed by atoms with E-state index in [9.17, 15) is 9.59 Å². The highest BCUT2D eigenvalue weighted by Crippen LogP contribution is 2.18. The molecule has 1 aromatic rings. The molecule has 1 saturated carbocycles. The fraction of sp³-hybridized carbons (Fsp3) is 0.429. The topological polar surface area (TPSA) is 84.2 Å². The number of rotatable bonds is 5. The van der Waals surface area contributed by atoms with Crippen LogP contribution in [0.3, 0.4) is 0 Å². The maximum atomic E-state index is 11.9. The molecular weight excluding hydrogens is 242 g/mol. The second kappa shape index (κ2) is 5.73. The Morgan fingerprint density at radius 1 is 1.37 bits per heavy atom. The van der Waals surface area contributed by atoms with Crippen LogP contribution in [0.1, 0.15) is 35.2 Å². The zero-order valence-electron chi connectivity index (χ0n) is 11.0. The number of nitrogens with two attached hydrogens (primary N) is 1. The van der Waals surface area contributed by atoms with Gasteiger partial charge in [-0.15, -0.1) is 0 Å². The van der Waals surface area contributed by atoms with Gasteiger partial charge in [0.2, 0.25) is 5.91 Å². The summed E-state index contributed by atoms with van der Waals surface area (Å²) < 4.78 is 0. The molecule has 0 radical (unpaired) electrons. The van der Waals surface area contributed by atoms with Gasteiger partial charge < -0.3 is 16.4 Å². The lowest BCUT2D eigenvalue weighted by molar-refractivity contribution is -0.121. The standard InChI is InChI=1S/C14H19N3O2/c1-9-3-2-4-11(13(9)15)14(19)16-8-7-12(18)17-10-5-6-10/h2-4,10H,5-8,15H2,1H3,(H,16,19)(H,17,18). The third-order valence-corrected chi connectivity index (χ3v) is 3.15. The Morgan fingerprint density at radius 2 is 2.11 bits per heavy atom. The van der Waals surface area contributed by atoms with Gasteiger partial charge in [0.05, 0.1) is 5.56 Å². The SMILES string of the molecule is Cc1cccc(C(=O)NCCC(=O)NC2CC2)c1N. The van der Waals surface area contributed by atoms with Gasteiger partial charge in [0, 0.05) is 24.7 Å². The maximum absolute atomic E-state index is 11.9. The summed E-state index contributed by atoms with van der Waals surface area (Å²) in [6, 6.07) is 5.69. The summed E-state index contributed by atoms with van der Waals surface area (Å²) in [5.41, 5.74) is 7.67. The number of hydrogen-bond acceptors (Lipinski definition) is 3. The number of anilines is 1. The highest BCUT2D eigenvalue weighted by molar-refractivity contribution is 5.99. The summed E-state index contributed by atoms with van der Waals surface area (Å²) in [4.78, 5) is 23.4. The fourth-order valence-corrected chi connectivity index (χ4v) is 1.79. The van der Waals surface area contributed by atoms with E-state index in [1.54, 1.807) is 12.1 Å². The number of nitrogen functional groups attached to an aromatic ring is 1. The van der Waals surface area contributed by atoms with Gasteiger partial charge in [-0.1, -0.05) is 12.1 Å². The lowest BCUT2D eigenvalue weighted by Gasteiger charge is -2.09. The van der Waals surface area contributed by atoms with Crippen molar-refractivity contribution in [2.45, 2.75) is 32.2 Å². The highest BCUT2D eigenvalue weighted by Gasteiger charge is 2.22. The van der Waals surface area contributed by atoms with Crippen molar-refractivity contribution < 1.29 is 9.59 Å². The van der Waals surface area contributed by atoms with E-state index in [-0.39, 0.29) is 11.8 Å². The normalized spacial score (nSPS) is 13.9. The highest BCUT2D eigenvalue weighted by atomic mass is 16.2. The minimum atomic E-state index is -0.236. The van der Waals surface area contributed by atoms with E-state index in [0.29, 0.717) is 30.3 Å². The quantitative estimate of drug-likeness (QED) is 0.691. The Morgan fingerprint density at radius 3 is 2.79 bits per heavy atom. The molecule has 19 heavy (non-hydrogen) atoms. The van der Waals surface area contributed by atoms with Crippen LogP contribution in [0.25, 0.3) is 0 Å². The summed E-state index contributed by atoms with van der Waals surface area (Å²) in [6.45, 7) is 2.18. The average molecular weight is 261 g/mol. The summed E-state index contributed by atoms with van der Waals surface area (Å²) >= 11 is 0. The predicted molar refractivity (Wildman–Crippen MR) is 73.7 cm³/mol. The number of aryl methyl sites for hydroxylation is 1. The van der Waals surface area contributed by atoms with Crippen LogP contribution in [-0.4, -0.2) is 24.4 Å². The first-order chi connectivity index (χ1) is 9.08. The molecule has 0 heterocycles. The van der Waals surface area contributed by atoms with Crippen molar-refractivity contribution in [3.8, 4) is 0 Å². The predicted octanol–water partition coefficient (Wildman–Crippen LogP) is 0.976. The van der Waals surface area contributed by atoms with Gasteiger partial charge in [0.15, 0.2) is 0 Å². The molecule has 0 bridgehead atoms. The number of nitrogens with one attached hydrogen (secondary N) is 2. The molecule has 0 saturated heterocycles. The second-order valence-electron chi connectivity index (χ2n) is 4.88. The van der Waals surface area contributed by atoms with Crippen LogP contribution in [0.5, 0.6) is 0 Å². The Bertz CT molecular complexity index is 495. The smallest absolute Gasteiger partial charge is 0.253 e. The van der Waals surface area contributed by atoms with Crippen LogP contribution in [-0.2, 0) is 4.79 Å². The Labute approximate surface area is 112 Å². The third kappa shape index (κ3) is 3.71. The molecule has 0 aromatic heterocycles. The second-order valence-corrected chi connectivity index (χ2v) is 4.88. The van der Waals surface area contributed by atoms with Gasteiger partial charge in [0.25, 0.3) is 5.91 Å². The zero-order valence-corrected chi connectivity index (χ0v) is 11.0. The molecule has 2 amide bonds. The van der Waals surface area contributed by atoms with E-state index >= 15 is 0 Å². The number of amides is 2. The van der Waals surface area contributed by atoms with Crippen molar-refractivity contribution in [1.29, 1.82) is 0 Å². The summed E-state index contributed by atoms with van der Waals surface area (Å²) in [7, 11) is 0. The first-order valence-electron chi connectivity index (χ1n) is 6.50. The summed E-state index contributed by atoms with van der Waals surface area (Å²) in [5.74, 6) is -0.250. The Kier molecular flexibility index (Phi) is 4.04. The van der Waals surface area contributed by atoms with Crippen LogP contribution in [0.2, 0.25) is 0 Å². The van der Waals surface area contributed by atoms with Crippen molar-refractivity contribution in [1.82, 2.24) is 10.6 Å². The summed E-state index contributed by atoms with van der Waals surface area (Å²) in [6.07, 6.45) is 2.43. The zero-order chi connectivity index (χ0) is 13.8. The Balaban J connectivity index is 1.80. The lowest BCUT2D eigenvalue weighted by atomic mass is 10.1. The molecule has 102 valence electrons. The number of para-hydroxylation sites is 1. The minimum absolute atomic E-state index is 0.0139. The molecule has 4 N–H and O–H groups in total. The number of carbonyl (C=O) groups excluding carboxylic acids is 2. The van der Waals surface area contributed by atoms with E-state index in [4.69, 9.17) is 5.73 Å². The third-order valence-electron chi connectivity index (χ3n) is 3.15. The van der Waals surface area contributed by atoms with Crippen molar-refractivity contribution >= 4 is 17.5 Å². The molecule has 0 unspecified atom stereocenters. The fourth-order valence-electron chi connectivity index (χ4n) is 1.79. The molecule has 0 spiro atoms. The van der Waals surface area contributed by atoms with Crippen molar-refractivity contribution in [3.63, 3.8) is 0 Å². The van der Waals surface area contributed by atoms with Crippen LogP contribution in [0.15, 0.2) is 18.2 Å². The minimum Gasteiger partial charge on any atom is -0.398 e.